The molecule has 0 radical (unpaired) electrons. The number of benzene rings is 1. The summed E-state index contributed by atoms with van der Waals surface area (Å²) >= 11 is 0. The van der Waals surface area contributed by atoms with Crippen LogP contribution in [0.5, 0.6) is 5.75 Å². The second kappa shape index (κ2) is 3.61. The zero-order chi connectivity index (χ0) is 10.8. The van der Waals surface area contributed by atoms with Crippen molar-refractivity contribution in [2.75, 3.05) is 6.54 Å². The van der Waals surface area contributed by atoms with Gasteiger partial charge in [-0.25, -0.2) is 9.79 Å². The fourth-order valence-electron chi connectivity index (χ4n) is 1.36. The molecule has 0 aliphatic carbocycles. The fourth-order valence-corrected chi connectivity index (χ4v) is 1.36. The van der Waals surface area contributed by atoms with E-state index in [0.717, 1.165) is 5.56 Å². The van der Waals surface area contributed by atoms with Crippen molar-refractivity contribution in [1.82, 2.24) is 0 Å². The quantitative estimate of drug-likeness (QED) is 0.756. The summed E-state index contributed by atoms with van der Waals surface area (Å²) in [4.78, 5) is 14.3. The predicted molar refractivity (Wildman–Crippen MR) is 51.9 cm³/mol. The number of rotatable bonds is 2. The third kappa shape index (κ3) is 1.90. The van der Waals surface area contributed by atoms with E-state index in [2.05, 4.69) is 4.99 Å². The van der Waals surface area contributed by atoms with Gasteiger partial charge in [-0.2, -0.15) is 0 Å². The second-order valence-electron chi connectivity index (χ2n) is 3.15. The van der Waals surface area contributed by atoms with Gasteiger partial charge in [0.05, 0.1) is 6.54 Å². The number of phenols is 1. The summed E-state index contributed by atoms with van der Waals surface area (Å²) in [5.41, 5.74) is 0.799. The van der Waals surface area contributed by atoms with Crippen LogP contribution < -0.4 is 0 Å². The van der Waals surface area contributed by atoms with Gasteiger partial charge in [0, 0.05) is 0 Å². The average Bonchev–Trinajstić information content (AvgIpc) is 2.68. The molecule has 0 amide bonds. The third-order valence-corrected chi connectivity index (χ3v) is 2.10. The van der Waals surface area contributed by atoms with E-state index >= 15 is 0 Å². The molecular weight excluding hydrogens is 198 g/mol. The highest BCUT2D eigenvalue weighted by molar-refractivity contribution is 6.32. The van der Waals surface area contributed by atoms with Crippen molar-refractivity contribution < 1.29 is 19.7 Å². The number of aromatic hydroxyl groups is 1. The first-order valence-corrected chi connectivity index (χ1v) is 4.40. The van der Waals surface area contributed by atoms with Gasteiger partial charge < -0.3 is 14.9 Å². The Labute approximate surface area is 85.6 Å². The molecule has 1 heterocycles. The maximum absolute atomic E-state index is 10.5. The van der Waals surface area contributed by atoms with E-state index in [4.69, 9.17) is 14.9 Å². The largest absolute Gasteiger partial charge is 0.508 e. The van der Waals surface area contributed by atoms with Gasteiger partial charge in [0.2, 0.25) is 0 Å². The van der Waals surface area contributed by atoms with E-state index in [1.54, 1.807) is 12.1 Å². The number of hydrogen-bond acceptors (Lipinski definition) is 4. The van der Waals surface area contributed by atoms with E-state index in [0.29, 0.717) is 6.54 Å². The lowest BCUT2D eigenvalue weighted by Crippen LogP contribution is -2.14. The number of carboxylic acid groups (broad SMARTS) is 1. The van der Waals surface area contributed by atoms with Crippen LogP contribution in [0.1, 0.15) is 11.7 Å². The first kappa shape index (κ1) is 9.51. The Hall–Kier alpha value is -2.04. The Morgan fingerprint density at radius 1 is 1.40 bits per heavy atom. The number of ether oxygens (including phenoxy) is 1. The summed E-state index contributed by atoms with van der Waals surface area (Å²) in [6, 6.07) is 6.41. The number of aliphatic imine (C=N–C) groups is 1. The molecule has 78 valence electrons. The zero-order valence-corrected chi connectivity index (χ0v) is 7.75. The summed E-state index contributed by atoms with van der Waals surface area (Å²) in [7, 11) is 0. The molecule has 1 atom stereocenters. The summed E-state index contributed by atoms with van der Waals surface area (Å²) in [6.45, 7) is 0.298. The fraction of sp³-hybridized carbons (Fsp3) is 0.200. The standard InChI is InChI=1S/C10H9NO4/c12-7-3-1-6(2-4-7)8-5-11-9(15-8)10(13)14/h1-4,8,12H,5H2,(H,13,14). The molecule has 2 rings (SSSR count). The predicted octanol–water partition coefficient (Wildman–Crippen LogP) is 0.947. The van der Waals surface area contributed by atoms with Crippen LogP contribution in [0.4, 0.5) is 0 Å². The molecule has 5 heteroatoms. The van der Waals surface area contributed by atoms with Crippen LogP contribution in [0.3, 0.4) is 0 Å². The molecule has 0 spiro atoms. The number of hydrogen-bond donors (Lipinski definition) is 2. The topological polar surface area (TPSA) is 79.1 Å². The molecule has 1 aromatic rings. The Balaban J connectivity index is 2.10. The van der Waals surface area contributed by atoms with Gasteiger partial charge in [0.1, 0.15) is 11.9 Å². The van der Waals surface area contributed by atoms with Gasteiger partial charge in [0.25, 0.3) is 5.90 Å². The number of carboxylic acids is 1. The maximum atomic E-state index is 10.5. The zero-order valence-electron chi connectivity index (χ0n) is 7.75. The van der Waals surface area contributed by atoms with Gasteiger partial charge in [0.15, 0.2) is 0 Å². The normalized spacial score (nSPS) is 19.5. The monoisotopic (exact) mass is 207 g/mol. The van der Waals surface area contributed by atoms with E-state index in [1.807, 2.05) is 0 Å². The lowest BCUT2D eigenvalue weighted by Gasteiger charge is -2.09. The molecule has 5 nitrogen and oxygen atoms in total. The first-order valence-electron chi connectivity index (χ1n) is 4.40. The number of nitrogens with zero attached hydrogens (tertiary/aromatic N) is 1. The summed E-state index contributed by atoms with van der Waals surface area (Å²) in [5.74, 6) is -1.25. The molecule has 1 unspecified atom stereocenters. The molecule has 1 aliphatic heterocycles. The van der Waals surface area contributed by atoms with Gasteiger partial charge >= 0.3 is 5.97 Å². The van der Waals surface area contributed by atoms with Crippen molar-refractivity contribution in [1.29, 1.82) is 0 Å². The minimum Gasteiger partial charge on any atom is -0.508 e. The Morgan fingerprint density at radius 2 is 2.07 bits per heavy atom. The van der Waals surface area contributed by atoms with Crippen LogP contribution >= 0.6 is 0 Å². The molecule has 15 heavy (non-hydrogen) atoms. The van der Waals surface area contributed by atoms with Crippen molar-refractivity contribution in [2.24, 2.45) is 4.99 Å². The van der Waals surface area contributed by atoms with E-state index in [1.165, 1.54) is 12.1 Å². The van der Waals surface area contributed by atoms with Crippen LogP contribution in [0.25, 0.3) is 0 Å². The van der Waals surface area contributed by atoms with E-state index in [9.17, 15) is 4.79 Å². The lowest BCUT2D eigenvalue weighted by atomic mass is 10.1. The Morgan fingerprint density at radius 3 is 2.60 bits per heavy atom. The smallest absolute Gasteiger partial charge is 0.391 e. The van der Waals surface area contributed by atoms with Crippen LogP contribution in [0.2, 0.25) is 0 Å². The van der Waals surface area contributed by atoms with Crippen LogP contribution in [0, 0.1) is 0 Å². The molecule has 1 aromatic carbocycles. The molecule has 1 aliphatic rings. The molecule has 0 bridgehead atoms. The second-order valence-corrected chi connectivity index (χ2v) is 3.15. The van der Waals surface area contributed by atoms with Gasteiger partial charge in [-0.3, -0.25) is 0 Å². The minimum atomic E-state index is -1.16. The molecule has 0 saturated heterocycles. The number of carbonyl (C=O) groups is 1. The minimum absolute atomic E-state index is 0.163. The van der Waals surface area contributed by atoms with Gasteiger partial charge in [-0.1, -0.05) is 12.1 Å². The molecular formula is C10H9NO4. The maximum Gasteiger partial charge on any atom is 0.391 e. The van der Waals surface area contributed by atoms with Gasteiger partial charge in [-0.05, 0) is 17.7 Å². The highest BCUT2D eigenvalue weighted by atomic mass is 16.5. The van der Waals surface area contributed by atoms with Crippen molar-refractivity contribution in [3.63, 3.8) is 0 Å². The van der Waals surface area contributed by atoms with Crippen molar-refractivity contribution >= 4 is 11.9 Å². The van der Waals surface area contributed by atoms with Crippen molar-refractivity contribution in [3.8, 4) is 5.75 Å². The molecule has 2 N–H and O–H groups in total. The third-order valence-electron chi connectivity index (χ3n) is 2.10. The molecule has 0 fully saturated rings. The lowest BCUT2D eigenvalue weighted by molar-refractivity contribution is -0.131. The number of aliphatic carboxylic acids is 1. The summed E-state index contributed by atoms with van der Waals surface area (Å²) in [6.07, 6.45) is -0.364. The summed E-state index contributed by atoms with van der Waals surface area (Å²) in [5, 5.41) is 17.7. The highest BCUT2D eigenvalue weighted by Crippen LogP contribution is 2.24. The van der Waals surface area contributed by atoms with Crippen molar-refractivity contribution in [2.45, 2.75) is 6.10 Å². The van der Waals surface area contributed by atoms with Gasteiger partial charge in [-0.15, -0.1) is 0 Å². The summed E-state index contributed by atoms with van der Waals surface area (Å²) < 4.78 is 5.12. The Kier molecular flexibility index (Phi) is 2.29. The highest BCUT2D eigenvalue weighted by Gasteiger charge is 2.25. The van der Waals surface area contributed by atoms with Crippen LogP contribution in [0.15, 0.2) is 29.3 Å². The van der Waals surface area contributed by atoms with E-state index in [-0.39, 0.29) is 17.8 Å². The molecule has 0 aromatic heterocycles. The van der Waals surface area contributed by atoms with Crippen molar-refractivity contribution in [3.05, 3.63) is 29.8 Å². The average molecular weight is 207 g/mol. The number of phenolic OH excluding ortho intramolecular Hbond substituents is 1. The SMILES string of the molecule is O=C(O)C1=NCC(c2ccc(O)cc2)O1. The molecule has 0 saturated carbocycles. The van der Waals surface area contributed by atoms with Crippen LogP contribution in [-0.2, 0) is 9.53 Å². The van der Waals surface area contributed by atoms with E-state index < -0.39 is 5.97 Å². The Bertz CT molecular complexity index is 410. The van der Waals surface area contributed by atoms with Crippen LogP contribution in [-0.4, -0.2) is 28.6 Å². The first-order chi connectivity index (χ1) is 7.16.